The third kappa shape index (κ3) is 2.56. The average molecular weight is 400 g/mol. The van der Waals surface area contributed by atoms with Gasteiger partial charge in [-0.05, 0) is 53.7 Å². The first kappa shape index (κ1) is 17.9. The summed E-state index contributed by atoms with van der Waals surface area (Å²) in [6.45, 7) is 0. The van der Waals surface area contributed by atoms with Crippen molar-refractivity contribution in [3.05, 3.63) is 95.6 Å². The monoisotopic (exact) mass is 400 g/mol. The molecule has 2 amide bonds. The van der Waals surface area contributed by atoms with Crippen LogP contribution in [0.5, 0.6) is 5.75 Å². The minimum atomic E-state index is -1.84. The number of oxime groups is 1. The van der Waals surface area contributed by atoms with Crippen LogP contribution in [0.15, 0.2) is 84.0 Å². The van der Waals surface area contributed by atoms with E-state index in [2.05, 4.69) is 5.16 Å². The van der Waals surface area contributed by atoms with Gasteiger partial charge < -0.3 is 14.3 Å². The van der Waals surface area contributed by atoms with Crippen LogP contribution in [0.25, 0.3) is 0 Å². The van der Waals surface area contributed by atoms with Crippen molar-refractivity contribution in [2.75, 3.05) is 12.0 Å². The first-order valence-electron chi connectivity index (χ1n) is 9.27. The molecule has 2 aliphatic rings. The molecule has 0 aliphatic carbocycles. The molecule has 30 heavy (non-hydrogen) atoms. The lowest BCUT2D eigenvalue weighted by Crippen LogP contribution is -2.44. The summed E-state index contributed by atoms with van der Waals surface area (Å²) in [5.41, 5.74) is 1.83. The number of nitrogens with zero attached hydrogens (tertiary/aromatic N) is 2. The van der Waals surface area contributed by atoms with Crippen molar-refractivity contribution in [2.24, 2.45) is 5.16 Å². The standard InChI is InChI=1S/C23H16N2O5/c1-28-17-13-11-15(12-14-17)20-24-30-23(29-20)18-9-5-6-10-19(18)25(22(23)27)21(26)16-7-3-2-4-8-16/h2-14H,1H3. The molecule has 0 saturated heterocycles. The van der Waals surface area contributed by atoms with Crippen molar-refractivity contribution in [1.82, 2.24) is 0 Å². The summed E-state index contributed by atoms with van der Waals surface area (Å²) in [6, 6.07) is 22.5. The van der Waals surface area contributed by atoms with Crippen LogP contribution >= 0.6 is 0 Å². The predicted molar refractivity (Wildman–Crippen MR) is 108 cm³/mol. The molecule has 1 spiro atoms. The second kappa shape index (κ2) is 6.73. The smallest absolute Gasteiger partial charge is 0.386 e. The Hall–Kier alpha value is -4.13. The van der Waals surface area contributed by atoms with Gasteiger partial charge in [0.25, 0.3) is 11.8 Å². The van der Waals surface area contributed by atoms with Crippen LogP contribution in [0.4, 0.5) is 5.69 Å². The van der Waals surface area contributed by atoms with Gasteiger partial charge in [-0.2, -0.15) is 0 Å². The minimum absolute atomic E-state index is 0.148. The molecule has 0 radical (unpaired) electrons. The first-order valence-corrected chi connectivity index (χ1v) is 9.27. The molecule has 3 aromatic carbocycles. The van der Waals surface area contributed by atoms with Crippen molar-refractivity contribution >= 4 is 23.4 Å². The largest absolute Gasteiger partial charge is 0.497 e. The highest BCUT2D eigenvalue weighted by molar-refractivity contribution is 6.27. The Morgan fingerprint density at radius 1 is 0.967 bits per heavy atom. The van der Waals surface area contributed by atoms with Gasteiger partial charge in [-0.3, -0.25) is 9.59 Å². The van der Waals surface area contributed by atoms with Crippen molar-refractivity contribution in [3.63, 3.8) is 0 Å². The van der Waals surface area contributed by atoms with E-state index >= 15 is 0 Å². The zero-order chi connectivity index (χ0) is 20.7. The van der Waals surface area contributed by atoms with E-state index in [1.807, 2.05) is 0 Å². The van der Waals surface area contributed by atoms with Crippen LogP contribution in [0.3, 0.4) is 0 Å². The number of imide groups is 1. The van der Waals surface area contributed by atoms with Gasteiger partial charge >= 0.3 is 11.7 Å². The van der Waals surface area contributed by atoms with Gasteiger partial charge in [0.15, 0.2) is 0 Å². The Morgan fingerprint density at radius 3 is 2.40 bits per heavy atom. The lowest BCUT2D eigenvalue weighted by atomic mass is 10.1. The van der Waals surface area contributed by atoms with Gasteiger partial charge in [0.2, 0.25) is 0 Å². The third-order valence-corrected chi connectivity index (χ3v) is 5.04. The number of hydrogen-bond donors (Lipinski definition) is 0. The highest BCUT2D eigenvalue weighted by atomic mass is 16.8. The Bertz CT molecular complexity index is 1170. The molecule has 0 bridgehead atoms. The minimum Gasteiger partial charge on any atom is -0.497 e. The van der Waals surface area contributed by atoms with E-state index in [-0.39, 0.29) is 5.90 Å². The SMILES string of the molecule is COc1ccc(C2=NOC3(O2)C(=O)N(C(=O)c2ccccc2)c2ccccc23)cc1. The lowest BCUT2D eigenvalue weighted by molar-refractivity contribution is -0.181. The average Bonchev–Trinajstić information content (AvgIpc) is 3.35. The molecule has 0 saturated carbocycles. The summed E-state index contributed by atoms with van der Waals surface area (Å²) < 4.78 is 11.1. The van der Waals surface area contributed by atoms with Crippen molar-refractivity contribution in [2.45, 2.75) is 5.79 Å². The van der Waals surface area contributed by atoms with E-state index in [1.165, 1.54) is 0 Å². The Kier molecular flexibility index (Phi) is 4.03. The third-order valence-electron chi connectivity index (χ3n) is 5.04. The predicted octanol–water partition coefficient (Wildman–Crippen LogP) is 3.44. The Balaban J connectivity index is 1.52. The summed E-state index contributed by atoms with van der Waals surface area (Å²) in [5.74, 6) is -2.12. The molecule has 1 atom stereocenters. The number of amides is 2. The molecular formula is C23H16N2O5. The molecule has 148 valence electrons. The fourth-order valence-electron chi connectivity index (χ4n) is 3.54. The number of benzene rings is 3. The molecule has 1 unspecified atom stereocenters. The highest BCUT2D eigenvalue weighted by Crippen LogP contribution is 2.47. The summed E-state index contributed by atoms with van der Waals surface area (Å²) in [4.78, 5) is 33.2. The van der Waals surface area contributed by atoms with Crippen molar-refractivity contribution < 1.29 is 23.9 Å². The number of ether oxygens (including phenoxy) is 2. The lowest BCUT2D eigenvalue weighted by Gasteiger charge is -2.20. The van der Waals surface area contributed by atoms with Crippen LogP contribution in [0, 0.1) is 0 Å². The molecule has 0 N–H and O–H groups in total. The summed E-state index contributed by atoms with van der Waals surface area (Å²) in [5, 5.41) is 4.01. The Morgan fingerprint density at radius 2 is 1.67 bits per heavy atom. The van der Waals surface area contributed by atoms with Crippen LogP contribution < -0.4 is 9.64 Å². The number of para-hydroxylation sites is 1. The molecular weight excluding hydrogens is 384 g/mol. The topological polar surface area (TPSA) is 77.4 Å². The number of rotatable bonds is 3. The van der Waals surface area contributed by atoms with E-state index in [0.717, 1.165) is 4.90 Å². The van der Waals surface area contributed by atoms with Crippen LogP contribution in [0.1, 0.15) is 21.5 Å². The maximum Gasteiger partial charge on any atom is 0.386 e. The van der Waals surface area contributed by atoms with Crippen LogP contribution in [-0.4, -0.2) is 24.8 Å². The molecule has 2 heterocycles. The maximum absolute atomic E-state index is 13.4. The van der Waals surface area contributed by atoms with Gasteiger partial charge in [0.05, 0.1) is 18.4 Å². The fourth-order valence-corrected chi connectivity index (χ4v) is 3.54. The highest BCUT2D eigenvalue weighted by Gasteiger charge is 2.61. The van der Waals surface area contributed by atoms with Gasteiger partial charge in [0, 0.05) is 11.1 Å². The number of carbonyl (C=O) groups is 2. The van der Waals surface area contributed by atoms with E-state index in [9.17, 15) is 9.59 Å². The zero-order valence-electron chi connectivity index (χ0n) is 15.9. The maximum atomic E-state index is 13.4. The van der Waals surface area contributed by atoms with E-state index < -0.39 is 17.6 Å². The van der Waals surface area contributed by atoms with Gasteiger partial charge in [-0.1, -0.05) is 30.3 Å². The number of anilines is 1. The number of hydrogen-bond acceptors (Lipinski definition) is 6. The molecule has 7 heteroatoms. The summed E-state index contributed by atoms with van der Waals surface area (Å²) in [7, 11) is 1.57. The summed E-state index contributed by atoms with van der Waals surface area (Å²) in [6.07, 6.45) is 0. The van der Waals surface area contributed by atoms with Gasteiger partial charge in [-0.15, -0.1) is 0 Å². The first-order chi connectivity index (χ1) is 14.6. The number of methoxy groups -OCH3 is 1. The normalized spacial score (nSPS) is 19.2. The number of carbonyl (C=O) groups excluding carboxylic acids is 2. The quantitative estimate of drug-likeness (QED) is 0.630. The number of fused-ring (bicyclic) bond motifs is 2. The molecule has 7 nitrogen and oxygen atoms in total. The fraction of sp³-hybridized carbons (Fsp3) is 0.0870. The Labute approximate surface area is 172 Å². The van der Waals surface area contributed by atoms with E-state index in [4.69, 9.17) is 14.3 Å². The zero-order valence-corrected chi connectivity index (χ0v) is 15.9. The van der Waals surface area contributed by atoms with Gasteiger partial charge in [0.1, 0.15) is 5.75 Å². The molecule has 0 fully saturated rings. The van der Waals surface area contributed by atoms with Crippen molar-refractivity contribution in [1.29, 1.82) is 0 Å². The molecule has 3 aromatic rings. The second-order valence-electron chi connectivity index (χ2n) is 6.76. The molecule has 5 rings (SSSR count). The van der Waals surface area contributed by atoms with Crippen molar-refractivity contribution in [3.8, 4) is 5.75 Å². The van der Waals surface area contributed by atoms with E-state index in [1.54, 1.807) is 86.0 Å². The van der Waals surface area contributed by atoms with Gasteiger partial charge in [-0.25, -0.2) is 4.90 Å². The second-order valence-corrected chi connectivity index (χ2v) is 6.76. The molecule has 2 aliphatic heterocycles. The van der Waals surface area contributed by atoms with Crippen LogP contribution in [0.2, 0.25) is 0 Å². The molecule has 0 aromatic heterocycles. The summed E-state index contributed by atoms with van der Waals surface area (Å²) >= 11 is 0. The van der Waals surface area contributed by atoms with E-state index in [0.29, 0.717) is 28.1 Å². The van der Waals surface area contributed by atoms with Crippen LogP contribution in [-0.2, 0) is 20.2 Å².